The van der Waals surface area contributed by atoms with E-state index in [1.54, 1.807) is 11.3 Å². The summed E-state index contributed by atoms with van der Waals surface area (Å²) in [6.07, 6.45) is 4.69. The standard InChI is InChI=1S/C16H25NOS/c1-13(2)5-3-9-17-10-7-14(8-11-17)16(18)15-6-4-12-19-15/h4,6,12-14H,3,5,7-11H2,1-2H3. The van der Waals surface area contributed by atoms with Gasteiger partial charge in [-0.25, -0.2) is 0 Å². The molecule has 0 aromatic carbocycles. The van der Waals surface area contributed by atoms with Gasteiger partial charge in [0.05, 0.1) is 4.88 Å². The minimum Gasteiger partial charge on any atom is -0.303 e. The number of ketones is 1. The average Bonchev–Trinajstić information content (AvgIpc) is 2.92. The highest BCUT2D eigenvalue weighted by Gasteiger charge is 2.25. The highest BCUT2D eigenvalue weighted by Crippen LogP contribution is 2.24. The normalized spacial score (nSPS) is 18.1. The average molecular weight is 279 g/mol. The number of carbonyl (C=O) groups excluding carboxylic acids is 1. The van der Waals surface area contributed by atoms with E-state index in [0.717, 1.165) is 36.7 Å². The van der Waals surface area contributed by atoms with Crippen LogP contribution in [0.4, 0.5) is 0 Å². The maximum atomic E-state index is 12.3. The number of carbonyl (C=O) groups is 1. The summed E-state index contributed by atoms with van der Waals surface area (Å²) in [6, 6.07) is 3.93. The highest BCUT2D eigenvalue weighted by molar-refractivity contribution is 7.12. The Morgan fingerprint density at radius 3 is 2.74 bits per heavy atom. The summed E-state index contributed by atoms with van der Waals surface area (Å²) < 4.78 is 0. The van der Waals surface area contributed by atoms with Gasteiger partial charge in [0, 0.05) is 5.92 Å². The minimum absolute atomic E-state index is 0.264. The predicted octanol–water partition coefficient (Wildman–Crippen LogP) is 4.08. The van der Waals surface area contributed by atoms with Gasteiger partial charge >= 0.3 is 0 Å². The molecule has 1 saturated heterocycles. The molecule has 19 heavy (non-hydrogen) atoms. The Hall–Kier alpha value is -0.670. The van der Waals surface area contributed by atoms with Crippen LogP contribution in [0.3, 0.4) is 0 Å². The van der Waals surface area contributed by atoms with Crippen molar-refractivity contribution in [1.82, 2.24) is 4.90 Å². The van der Waals surface area contributed by atoms with Crippen molar-refractivity contribution in [3.8, 4) is 0 Å². The Morgan fingerprint density at radius 1 is 1.42 bits per heavy atom. The van der Waals surface area contributed by atoms with Crippen molar-refractivity contribution in [3.63, 3.8) is 0 Å². The van der Waals surface area contributed by atoms with Gasteiger partial charge in [-0.15, -0.1) is 11.3 Å². The largest absolute Gasteiger partial charge is 0.303 e. The Bertz CT molecular complexity index is 377. The zero-order valence-corrected chi connectivity index (χ0v) is 12.9. The second-order valence-corrected chi connectivity index (χ2v) is 6.94. The number of Topliss-reactive ketones (excluding diaryl/α,β-unsaturated/α-hetero) is 1. The summed E-state index contributed by atoms with van der Waals surface area (Å²) in [4.78, 5) is 15.7. The van der Waals surface area contributed by atoms with Crippen LogP contribution < -0.4 is 0 Å². The van der Waals surface area contributed by atoms with E-state index >= 15 is 0 Å². The van der Waals surface area contributed by atoms with Gasteiger partial charge in [0.1, 0.15) is 0 Å². The maximum Gasteiger partial charge on any atom is 0.175 e. The van der Waals surface area contributed by atoms with Gasteiger partial charge in [0.25, 0.3) is 0 Å². The topological polar surface area (TPSA) is 20.3 Å². The van der Waals surface area contributed by atoms with Crippen molar-refractivity contribution < 1.29 is 4.79 Å². The van der Waals surface area contributed by atoms with Gasteiger partial charge in [0.15, 0.2) is 5.78 Å². The van der Waals surface area contributed by atoms with Crippen LogP contribution >= 0.6 is 11.3 Å². The van der Waals surface area contributed by atoms with Gasteiger partial charge in [-0.1, -0.05) is 19.9 Å². The number of hydrogen-bond donors (Lipinski definition) is 0. The highest BCUT2D eigenvalue weighted by atomic mass is 32.1. The Balaban J connectivity index is 1.72. The van der Waals surface area contributed by atoms with Gasteiger partial charge in [-0.2, -0.15) is 0 Å². The zero-order chi connectivity index (χ0) is 13.7. The first-order chi connectivity index (χ1) is 9.16. The van der Waals surface area contributed by atoms with Crippen LogP contribution in [0, 0.1) is 11.8 Å². The van der Waals surface area contributed by atoms with Crippen LogP contribution in [0.2, 0.25) is 0 Å². The van der Waals surface area contributed by atoms with Crippen molar-refractivity contribution in [2.24, 2.45) is 11.8 Å². The zero-order valence-electron chi connectivity index (χ0n) is 12.1. The molecule has 0 bridgehead atoms. The molecular formula is C16H25NOS. The fourth-order valence-electron chi connectivity index (χ4n) is 2.76. The van der Waals surface area contributed by atoms with Crippen molar-refractivity contribution in [3.05, 3.63) is 22.4 Å². The molecule has 1 fully saturated rings. The number of nitrogens with zero attached hydrogens (tertiary/aromatic N) is 1. The van der Waals surface area contributed by atoms with E-state index in [9.17, 15) is 4.79 Å². The fourth-order valence-corrected chi connectivity index (χ4v) is 3.51. The summed E-state index contributed by atoms with van der Waals surface area (Å²) in [5, 5.41) is 1.99. The first-order valence-electron chi connectivity index (χ1n) is 7.47. The van der Waals surface area contributed by atoms with E-state index in [1.807, 2.05) is 17.5 Å². The molecule has 2 rings (SSSR count). The van der Waals surface area contributed by atoms with Crippen molar-refractivity contribution >= 4 is 17.1 Å². The third-order valence-electron chi connectivity index (χ3n) is 3.98. The molecule has 2 heterocycles. The molecular weight excluding hydrogens is 254 g/mol. The molecule has 0 radical (unpaired) electrons. The first kappa shape index (κ1) is 14.7. The molecule has 3 heteroatoms. The van der Waals surface area contributed by atoms with E-state index in [0.29, 0.717) is 5.78 Å². The third kappa shape index (κ3) is 4.43. The van der Waals surface area contributed by atoms with Gasteiger partial charge < -0.3 is 4.90 Å². The summed E-state index contributed by atoms with van der Waals surface area (Å²) in [7, 11) is 0. The SMILES string of the molecule is CC(C)CCCN1CCC(C(=O)c2cccs2)CC1. The predicted molar refractivity (Wildman–Crippen MR) is 81.9 cm³/mol. The summed E-state index contributed by atoms with van der Waals surface area (Å²) in [5.74, 6) is 1.44. The van der Waals surface area contributed by atoms with Gasteiger partial charge in [-0.05, 0) is 62.7 Å². The lowest BCUT2D eigenvalue weighted by Crippen LogP contribution is -2.36. The van der Waals surface area contributed by atoms with Crippen LogP contribution in [0.15, 0.2) is 17.5 Å². The second kappa shape index (κ2) is 7.20. The van der Waals surface area contributed by atoms with Crippen LogP contribution in [0.25, 0.3) is 0 Å². The van der Waals surface area contributed by atoms with Gasteiger partial charge in [0.2, 0.25) is 0 Å². The lowest BCUT2D eigenvalue weighted by atomic mass is 9.91. The van der Waals surface area contributed by atoms with E-state index in [4.69, 9.17) is 0 Å². The van der Waals surface area contributed by atoms with Crippen LogP contribution in [-0.2, 0) is 0 Å². The summed E-state index contributed by atoms with van der Waals surface area (Å²) in [5.41, 5.74) is 0. The third-order valence-corrected chi connectivity index (χ3v) is 4.86. The molecule has 1 aromatic rings. The molecule has 1 aliphatic rings. The molecule has 0 unspecified atom stereocenters. The Labute approximate surface area is 120 Å². The molecule has 1 aliphatic heterocycles. The summed E-state index contributed by atoms with van der Waals surface area (Å²) in [6.45, 7) is 7.97. The molecule has 0 aliphatic carbocycles. The summed E-state index contributed by atoms with van der Waals surface area (Å²) >= 11 is 1.58. The molecule has 2 nitrogen and oxygen atoms in total. The molecule has 0 N–H and O–H groups in total. The molecule has 106 valence electrons. The number of thiophene rings is 1. The van der Waals surface area contributed by atoms with Crippen LogP contribution in [0.1, 0.15) is 49.2 Å². The Morgan fingerprint density at radius 2 is 2.16 bits per heavy atom. The van der Waals surface area contributed by atoms with Crippen molar-refractivity contribution in [1.29, 1.82) is 0 Å². The number of piperidine rings is 1. The van der Waals surface area contributed by atoms with Gasteiger partial charge in [-0.3, -0.25) is 4.79 Å². The number of likely N-dealkylation sites (tertiary alicyclic amines) is 1. The molecule has 0 spiro atoms. The smallest absolute Gasteiger partial charge is 0.175 e. The van der Waals surface area contributed by atoms with E-state index in [1.165, 1.54) is 19.4 Å². The lowest BCUT2D eigenvalue weighted by Gasteiger charge is -2.31. The fraction of sp³-hybridized carbons (Fsp3) is 0.688. The van der Waals surface area contributed by atoms with E-state index in [2.05, 4.69) is 18.7 Å². The Kier molecular flexibility index (Phi) is 5.59. The molecule has 0 atom stereocenters. The number of rotatable bonds is 6. The molecule has 1 aromatic heterocycles. The first-order valence-corrected chi connectivity index (χ1v) is 8.35. The van der Waals surface area contributed by atoms with Crippen molar-refractivity contribution in [2.45, 2.75) is 39.5 Å². The lowest BCUT2D eigenvalue weighted by molar-refractivity contribution is 0.0842. The van der Waals surface area contributed by atoms with Crippen molar-refractivity contribution in [2.75, 3.05) is 19.6 Å². The second-order valence-electron chi connectivity index (χ2n) is 5.99. The molecule has 0 amide bonds. The van der Waals surface area contributed by atoms with Crippen LogP contribution in [0.5, 0.6) is 0 Å². The van der Waals surface area contributed by atoms with E-state index < -0.39 is 0 Å². The molecule has 0 saturated carbocycles. The van der Waals surface area contributed by atoms with Crippen LogP contribution in [-0.4, -0.2) is 30.3 Å². The maximum absolute atomic E-state index is 12.3. The minimum atomic E-state index is 0.264. The number of hydrogen-bond acceptors (Lipinski definition) is 3. The van der Waals surface area contributed by atoms with E-state index in [-0.39, 0.29) is 5.92 Å². The monoisotopic (exact) mass is 279 g/mol. The quantitative estimate of drug-likeness (QED) is 0.731.